The number of fused-ring (bicyclic) bond motifs is 1. The number of hydrogen-bond donors (Lipinski definition) is 2. The number of hydrogen-bond acceptors (Lipinski definition) is 7. The number of nitrogens with two attached hydrogens (primary N) is 1. The number of para-hydroxylation sites is 2. The zero-order chi connectivity index (χ0) is 28.4. The van der Waals surface area contributed by atoms with E-state index in [0.29, 0.717) is 30.2 Å². The lowest BCUT2D eigenvalue weighted by Crippen LogP contribution is -2.24. The van der Waals surface area contributed by atoms with E-state index in [-0.39, 0.29) is 11.3 Å². The van der Waals surface area contributed by atoms with Crippen LogP contribution in [0.3, 0.4) is 0 Å². The average Bonchev–Trinajstić information content (AvgIpc) is 3.73. The van der Waals surface area contributed by atoms with Crippen molar-refractivity contribution in [3.05, 3.63) is 94.1 Å². The van der Waals surface area contributed by atoms with Gasteiger partial charge in [0, 0.05) is 35.7 Å². The first-order valence-electron chi connectivity index (χ1n) is 13.8. The van der Waals surface area contributed by atoms with Gasteiger partial charge in [0.25, 0.3) is 5.91 Å². The summed E-state index contributed by atoms with van der Waals surface area (Å²) in [6, 6.07) is 19.1. The number of amides is 1. The number of rotatable bonds is 9. The number of ether oxygens (including phenoxy) is 2. The molecule has 3 heterocycles. The van der Waals surface area contributed by atoms with Crippen LogP contribution < -0.4 is 15.8 Å². The first-order chi connectivity index (χ1) is 20.0. The number of benzene rings is 2. The number of nitrogen functional groups attached to an aromatic ring is 1. The molecule has 0 atom stereocenters. The lowest BCUT2D eigenvalue weighted by molar-refractivity contribution is 0.102. The Kier molecular flexibility index (Phi) is 7.47. The molecule has 0 bridgehead atoms. The second-order valence-corrected chi connectivity index (χ2v) is 11.3. The van der Waals surface area contributed by atoms with Crippen LogP contribution in [0.1, 0.15) is 52.3 Å². The topological polar surface area (TPSA) is 104 Å². The molecule has 8 nitrogen and oxygen atoms in total. The van der Waals surface area contributed by atoms with E-state index in [1.165, 1.54) is 5.56 Å². The van der Waals surface area contributed by atoms with E-state index in [1.54, 1.807) is 30.6 Å². The molecule has 0 unspecified atom stereocenters. The van der Waals surface area contributed by atoms with E-state index in [0.717, 1.165) is 59.2 Å². The van der Waals surface area contributed by atoms with Crippen LogP contribution in [0.15, 0.2) is 72.2 Å². The number of thiazole rings is 1. The Hall–Kier alpha value is -4.21. The molecule has 1 saturated carbocycles. The fraction of sp³-hybridized carbons (Fsp3) is 0.281. The number of aromatic nitrogens is 3. The summed E-state index contributed by atoms with van der Waals surface area (Å²) in [7, 11) is 1.66. The Morgan fingerprint density at radius 2 is 1.85 bits per heavy atom. The lowest BCUT2D eigenvalue weighted by atomic mass is 9.79. The van der Waals surface area contributed by atoms with Crippen molar-refractivity contribution in [3.63, 3.8) is 0 Å². The molecule has 210 valence electrons. The predicted molar refractivity (Wildman–Crippen MR) is 163 cm³/mol. The van der Waals surface area contributed by atoms with Gasteiger partial charge in [-0.1, -0.05) is 37.1 Å². The molecule has 1 fully saturated rings. The van der Waals surface area contributed by atoms with Crippen LogP contribution in [0.5, 0.6) is 5.75 Å². The minimum atomic E-state index is -0.179. The molecule has 9 heteroatoms. The Morgan fingerprint density at radius 1 is 1.07 bits per heavy atom. The van der Waals surface area contributed by atoms with Crippen molar-refractivity contribution >= 4 is 34.3 Å². The summed E-state index contributed by atoms with van der Waals surface area (Å²) >= 11 is 1.70. The highest BCUT2D eigenvalue weighted by Crippen LogP contribution is 2.48. The Bertz CT molecular complexity index is 1690. The standard InChI is InChI=1S/C32H33N5O3S/c1-21-29(37-16-13-24(19-28(37)34-21)40-18-17-39-2)27-20-41-31(36-27)32(14-5-6-15-32)23-11-9-22(10-12-23)30(38)35-26-8-4-3-7-25(26)33/h3-4,7-13,16,19-20H,5-6,14-15,17-18,33H2,1-2H3,(H,35,38). The van der Waals surface area contributed by atoms with Crippen LogP contribution in [0.2, 0.25) is 0 Å². The van der Waals surface area contributed by atoms with E-state index in [9.17, 15) is 4.79 Å². The Morgan fingerprint density at radius 3 is 2.61 bits per heavy atom. The maximum atomic E-state index is 12.9. The number of nitrogens with zero attached hydrogens (tertiary/aromatic N) is 3. The SMILES string of the molecule is COCCOc1ccn2c(-c3csc(C4(c5ccc(C(=O)Nc6ccccc6N)cc5)CCCC4)n3)c(C)nc2c1. The number of aryl methyl sites for hydroxylation is 1. The fourth-order valence-electron chi connectivity index (χ4n) is 5.74. The molecular formula is C32H33N5O3S. The molecule has 1 aliphatic rings. The van der Waals surface area contributed by atoms with Gasteiger partial charge in [-0.3, -0.25) is 9.20 Å². The molecular weight excluding hydrogens is 534 g/mol. The highest BCUT2D eigenvalue weighted by Gasteiger charge is 2.40. The predicted octanol–water partition coefficient (Wildman–Crippen LogP) is 6.49. The van der Waals surface area contributed by atoms with E-state index < -0.39 is 0 Å². The lowest BCUT2D eigenvalue weighted by Gasteiger charge is -2.27. The third-order valence-electron chi connectivity index (χ3n) is 7.85. The zero-order valence-electron chi connectivity index (χ0n) is 23.2. The van der Waals surface area contributed by atoms with E-state index in [1.807, 2.05) is 49.5 Å². The number of nitrogens with one attached hydrogen (secondary N) is 1. The number of carbonyl (C=O) groups is 1. The van der Waals surface area contributed by atoms with Crippen molar-refractivity contribution in [2.75, 3.05) is 31.4 Å². The van der Waals surface area contributed by atoms with Crippen molar-refractivity contribution in [1.82, 2.24) is 14.4 Å². The quantitative estimate of drug-likeness (QED) is 0.156. The number of pyridine rings is 1. The van der Waals surface area contributed by atoms with E-state index in [2.05, 4.69) is 27.2 Å². The zero-order valence-corrected chi connectivity index (χ0v) is 24.0. The number of anilines is 2. The minimum absolute atomic E-state index is 0.168. The van der Waals surface area contributed by atoms with Crippen LogP contribution in [-0.2, 0) is 10.2 Å². The molecule has 2 aromatic carbocycles. The first-order valence-corrected chi connectivity index (χ1v) is 14.7. The van der Waals surface area contributed by atoms with Crippen molar-refractivity contribution in [2.24, 2.45) is 0 Å². The maximum Gasteiger partial charge on any atom is 0.255 e. The summed E-state index contributed by atoms with van der Waals surface area (Å²) in [5.41, 5.74) is 12.4. The number of methoxy groups -OCH3 is 1. The van der Waals surface area contributed by atoms with Crippen molar-refractivity contribution in [2.45, 2.75) is 38.0 Å². The second-order valence-electron chi connectivity index (χ2n) is 10.4. The van der Waals surface area contributed by atoms with Gasteiger partial charge >= 0.3 is 0 Å². The molecule has 0 spiro atoms. The summed E-state index contributed by atoms with van der Waals surface area (Å²) in [6.45, 7) is 3.04. The normalized spacial score (nSPS) is 14.4. The molecule has 6 rings (SSSR count). The van der Waals surface area contributed by atoms with Gasteiger partial charge in [-0.25, -0.2) is 9.97 Å². The highest BCUT2D eigenvalue weighted by molar-refractivity contribution is 7.10. The van der Waals surface area contributed by atoms with Crippen LogP contribution in [0, 0.1) is 6.92 Å². The Labute approximate surface area is 243 Å². The van der Waals surface area contributed by atoms with Gasteiger partial charge in [0.15, 0.2) is 0 Å². The van der Waals surface area contributed by atoms with E-state index in [4.69, 9.17) is 25.2 Å². The van der Waals surface area contributed by atoms with Crippen LogP contribution in [0.4, 0.5) is 11.4 Å². The van der Waals surface area contributed by atoms with Gasteiger partial charge < -0.3 is 20.5 Å². The van der Waals surface area contributed by atoms with Gasteiger partial charge in [-0.05, 0) is 55.7 Å². The molecule has 0 radical (unpaired) electrons. The third kappa shape index (κ3) is 5.18. The molecule has 41 heavy (non-hydrogen) atoms. The van der Waals surface area contributed by atoms with Gasteiger partial charge in [0.05, 0.1) is 29.4 Å². The van der Waals surface area contributed by atoms with Crippen LogP contribution in [-0.4, -0.2) is 40.6 Å². The van der Waals surface area contributed by atoms with Gasteiger partial charge in [-0.2, -0.15) is 0 Å². The first kappa shape index (κ1) is 27.0. The molecule has 3 aromatic heterocycles. The smallest absolute Gasteiger partial charge is 0.255 e. The summed E-state index contributed by atoms with van der Waals surface area (Å²) < 4.78 is 12.9. The second kappa shape index (κ2) is 11.3. The monoisotopic (exact) mass is 567 g/mol. The average molecular weight is 568 g/mol. The summed E-state index contributed by atoms with van der Waals surface area (Å²) in [4.78, 5) is 22.9. The largest absolute Gasteiger partial charge is 0.491 e. The maximum absolute atomic E-state index is 12.9. The van der Waals surface area contributed by atoms with Crippen LogP contribution >= 0.6 is 11.3 Å². The third-order valence-corrected chi connectivity index (χ3v) is 8.90. The van der Waals surface area contributed by atoms with Crippen LogP contribution in [0.25, 0.3) is 17.0 Å². The van der Waals surface area contributed by atoms with Gasteiger partial charge in [0.2, 0.25) is 0 Å². The van der Waals surface area contributed by atoms with Crippen molar-refractivity contribution < 1.29 is 14.3 Å². The molecule has 0 saturated heterocycles. The summed E-state index contributed by atoms with van der Waals surface area (Å²) in [5, 5.41) is 6.16. The van der Waals surface area contributed by atoms with Gasteiger partial charge in [-0.15, -0.1) is 11.3 Å². The summed E-state index contributed by atoms with van der Waals surface area (Å²) in [5.74, 6) is 0.584. The number of imidazole rings is 1. The molecule has 3 N–H and O–H groups in total. The fourth-order valence-corrected chi connectivity index (χ4v) is 6.82. The summed E-state index contributed by atoms with van der Waals surface area (Å²) in [6.07, 6.45) is 6.33. The van der Waals surface area contributed by atoms with Gasteiger partial charge in [0.1, 0.15) is 28.7 Å². The molecule has 1 aliphatic carbocycles. The van der Waals surface area contributed by atoms with Crippen molar-refractivity contribution in [3.8, 4) is 17.1 Å². The number of carbonyl (C=O) groups excluding carboxylic acids is 1. The molecule has 5 aromatic rings. The molecule has 1 amide bonds. The minimum Gasteiger partial charge on any atom is -0.491 e. The highest BCUT2D eigenvalue weighted by atomic mass is 32.1. The Balaban J connectivity index is 1.27. The molecule has 0 aliphatic heterocycles. The van der Waals surface area contributed by atoms with Crippen molar-refractivity contribution in [1.29, 1.82) is 0 Å². The van der Waals surface area contributed by atoms with E-state index >= 15 is 0 Å².